The van der Waals surface area contributed by atoms with Gasteiger partial charge in [0.05, 0.1) is 18.9 Å². The van der Waals surface area contributed by atoms with Crippen molar-refractivity contribution in [3.05, 3.63) is 94.5 Å². The summed E-state index contributed by atoms with van der Waals surface area (Å²) in [6.45, 7) is 1.98. The molecule has 3 aromatic carbocycles. The van der Waals surface area contributed by atoms with E-state index in [0.29, 0.717) is 22.3 Å². The summed E-state index contributed by atoms with van der Waals surface area (Å²) in [6, 6.07) is 22.7. The van der Waals surface area contributed by atoms with Crippen LogP contribution in [-0.4, -0.2) is 40.1 Å². The zero-order valence-corrected chi connectivity index (χ0v) is 21.9. The number of hydrazone groups is 1. The highest BCUT2D eigenvalue weighted by molar-refractivity contribution is 8.15. The number of nitrogens with zero attached hydrogens (tertiary/aromatic N) is 3. The second kappa shape index (κ2) is 10.8. The molecule has 2 heterocycles. The Morgan fingerprint density at radius 1 is 1.08 bits per heavy atom. The van der Waals surface area contributed by atoms with Gasteiger partial charge in [0.1, 0.15) is 11.0 Å². The van der Waals surface area contributed by atoms with Crippen LogP contribution in [0.25, 0.3) is 0 Å². The molecule has 0 bridgehead atoms. The molecule has 2 aliphatic heterocycles. The van der Waals surface area contributed by atoms with Crippen LogP contribution >= 0.6 is 23.4 Å². The Morgan fingerprint density at radius 2 is 1.78 bits per heavy atom. The van der Waals surface area contributed by atoms with E-state index in [1.165, 1.54) is 11.8 Å². The van der Waals surface area contributed by atoms with Gasteiger partial charge in [-0.25, -0.2) is 5.01 Å². The summed E-state index contributed by atoms with van der Waals surface area (Å²) in [6.07, 6.45) is 0.652. The number of thioether (sulfide) groups is 1. The number of methoxy groups -OCH3 is 1. The number of amidine groups is 1. The molecule has 0 saturated heterocycles. The molecule has 7 nitrogen and oxygen atoms in total. The molecule has 0 spiro atoms. The monoisotopic (exact) mass is 532 g/mol. The van der Waals surface area contributed by atoms with E-state index in [0.717, 1.165) is 28.2 Å². The van der Waals surface area contributed by atoms with Gasteiger partial charge in [-0.15, -0.1) is 0 Å². The molecule has 2 atom stereocenters. The number of nitrogens with one attached hydrogen (secondary N) is 1. The number of aryl methyl sites for hydroxylation is 1. The van der Waals surface area contributed by atoms with E-state index >= 15 is 0 Å². The smallest absolute Gasteiger partial charge is 0.262 e. The Hall–Kier alpha value is -3.62. The molecule has 188 valence electrons. The number of aliphatic imine (C=N–C) groups is 1. The lowest BCUT2D eigenvalue weighted by atomic mass is 9.98. The number of ether oxygens (including phenoxy) is 1. The highest BCUT2D eigenvalue weighted by Gasteiger charge is 2.39. The number of carbonyl (C=O) groups is 2. The molecule has 0 aromatic heterocycles. The van der Waals surface area contributed by atoms with Crippen LogP contribution in [0.2, 0.25) is 5.02 Å². The highest BCUT2D eigenvalue weighted by atomic mass is 35.5. The molecule has 9 heteroatoms. The van der Waals surface area contributed by atoms with E-state index in [9.17, 15) is 9.59 Å². The maximum Gasteiger partial charge on any atom is 0.262 e. The standard InChI is InChI=1S/C28H25ClN4O3S/c1-17-3-11-21(12-4-17)30-26(34)16-25-27(35)31-28(37-25)33-24(19-7-13-22(36-2)14-8-19)15-23(32-33)18-5-9-20(29)10-6-18/h3-14,24-25H,15-16H2,1-2H3,(H,30,34)/t24-,25+/m0/s1. The van der Waals surface area contributed by atoms with Crippen LogP contribution in [0.4, 0.5) is 5.69 Å². The quantitative estimate of drug-likeness (QED) is 0.431. The third kappa shape index (κ3) is 5.70. The largest absolute Gasteiger partial charge is 0.497 e. The van der Waals surface area contributed by atoms with Crippen LogP contribution in [-0.2, 0) is 9.59 Å². The Balaban J connectivity index is 1.35. The molecular weight excluding hydrogens is 508 g/mol. The molecule has 2 aliphatic rings. The van der Waals surface area contributed by atoms with Crippen molar-refractivity contribution in [1.29, 1.82) is 0 Å². The van der Waals surface area contributed by atoms with E-state index in [1.807, 2.05) is 79.7 Å². The predicted molar refractivity (Wildman–Crippen MR) is 148 cm³/mol. The first-order chi connectivity index (χ1) is 17.9. The van der Waals surface area contributed by atoms with Crippen LogP contribution < -0.4 is 10.1 Å². The number of carbonyl (C=O) groups excluding carboxylic acids is 2. The van der Waals surface area contributed by atoms with Gasteiger partial charge >= 0.3 is 0 Å². The SMILES string of the molecule is COc1ccc([C@@H]2CC(c3ccc(Cl)cc3)=NN2C2=NC(=O)[C@@H](CC(=O)Nc3ccc(C)cc3)S2)cc1. The summed E-state index contributed by atoms with van der Waals surface area (Å²) in [5.41, 5.74) is 4.64. The molecule has 0 aliphatic carbocycles. The van der Waals surface area contributed by atoms with Gasteiger partial charge in [0, 0.05) is 23.6 Å². The maximum atomic E-state index is 12.8. The van der Waals surface area contributed by atoms with E-state index < -0.39 is 5.25 Å². The summed E-state index contributed by atoms with van der Waals surface area (Å²) in [5, 5.41) is 10.1. The second-order valence-corrected chi connectivity index (χ2v) is 10.5. The molecule has 0 radical (unpaired) electrons. The Bertz CT molecular complexity index is 1370. The fraction of sp³-hybridized carbons (Fsp3) is 0.214. The summed E-state index contributed by atoms with van der Waals surface area (Å²) >= 11 is 7.36. The van der Waals surface area contributed by atoms with Crippen molar-refractivity contribution in [2.45, 2.75) is 31.1 Å². The average molecular weight is 533 g/mol. The lowest BCUT2D eigenvalue weighted by Gasteiger charge is -2.23. The Labute approximate surface area is 224 Å². The van der Waals surface area contributed by atoms with Crippen molar-refractivity contribution in [3.63, 3.8) is 0 Å². The van der Waals surface area contributed by atoms with Crippen molar-refractivity contribution in [3.8, 4) is 5.75 Å². The predicted octanol–water partition coefficient (Wildman–Crippen LogP) is 5.83. The van der Waals surface area contributed by atoms with Crippen molar-refractivity contribution in [1.82, 2.24) is 5.01 Å². The van der Waals surface area contributed by atoms with Crippen molar-refractivity contribution in [2.75, 3.05) is 12.4 Å². The van der Waals surface area contributed by atoms with Gasteiger partial charge in [0.15, 0.2) is 5.17 Å². The summed E-state index contributed by atoms with van der Waals surface area (Å²) in [5.74, 6) is 0.196. The van der Waals surface area contributed by atoms with Crippen molar-refractivity contribution < 1.29 is 14.3 Å². The summed E-state index contributed by atoms with van der Waals surface area (Å²) in [4.78, 5) is 29.8. The van der Waals surface area contributed by atoms with E-state index in [2.05, 4.69) is 10.3 Å². The Kier molecular flexibility index (Phi) is 7.30. The minimum Gasteiger partial charge on any atom is -0.497 e. The molecule has 0 fully saturated rings. The van der Waals surface area contributed by atoms with E-state index in [-0.39, 0.29) is 24.3 Å². The topological polar surface area (TPSA) is 83.4 Å². The van der Waals surface area contributed by atoms with Gasteiger partial charge in [-0.05, 0) is 54.4 Å². The van der Waals surface area contributed by atoms with Gasteiger partial charge < -0.3 is 10.1 Å². The van der Waals surface area contributed by atoms with Crippen LogP contribution in [0.1, 0.15) is 35.6 Å². The molecule has 2 amide bonds. The number of benzene rings is 3. The normalized spacial score (nSPS) is 19.0. The number of halogens is 1. The lowest BCUT2D eigenvalue weighted by Crippen LogP contribution is -2.25. The van der Waals surface area contributed by atoms with Gasteiger partial charge in [-0.1, -0.05) is 65.3 Å². The van der Waals surface area contributed by atoms with Crippen LogP contribution in [0.15, 0.2) is 82.9 Å². The summed E-state index contributed by atoms with van der Waals surface area (Å²) in [7, 11) is 1.63. The number of amides is 2. The van der Waals surface area contributed by atoms with Crippen molar-refractivity contribution in [2.24, 2.45) is 10.1 Å². The van der Waals surface area contributed by atoms with Crippen LogP contribution in [0.5, 0.6) is 5.75 Å². The maximum absolute atomic E-state index is 12.8. The van der Waals surface area contributed by atoms with Gasteiger partial charge in [0.2, 0.25) is 5.91 Å². The summed E-state index contributed by atoms with van der Waals surface area (Å²) < 4.78 is 5.31. The fourth-order valence-electron chi connectivity index (χ4n) is 4.21. The van der Waals surface area contributed by atoms with Crippen LogP contribution in [0, 0.1) is 6.92 Å². The van der Waals surface area contributed by atoms with Crippen LogP contribution in [0.3, 0.4) is 0 Å². The van der Waals surface area contributed by atoms with Gasteiger partial charge in [0.25, 0.3) is 5.91 Å². The molecule has 1 N–H and O–H groups in total. The van der Waals surface area contributed by atoms with Gasteiger partial charge in [-0.2, -0.15) is 10.1 Å². The minimum absolute atomic E-state index is 0.0270. The molecule has 3 aromatic rings. The van der Waals surface area contributed by atoms with E-state index in [1.54, 1.807) is 12.1 Å². The zero-order valence-electron chi connectivity index (χ0n) is 20.3. The third-order valence-electron chi connectivity index (χ3n) is 6.22. The lowest BCUT2D eigenvalue weighted by molar-refractivity contribution is -0.121. The second-order valence-electron chi connectivity index (χ2n) is 8.85. The number of hydrogen-bond donors (Lipinski definition) is 1. The number of anilines is 1. The Morgan fingerprint density at radius 3 is 2.46 bits per heavy atom. The van der Waals surface area contributed by atoms with Crippen molar-refractivity contribution >= 4 is 51.7 Å². The molecule has 0 unspecified atom stereocenters. The molecule has 0 saturated carbocycles. The highest BCUT2D eigenvalue weighted by Crippen LogP contribution is 2.39. The van der Waals surface area contributed by atoms with Gasteiger partial charge in [-0.3, -0.25) is 9.59 Å². The number of rotatable bonds is 6. The first-order valence-corrected chi connectivity index (χ1v) is 13.1. The number of hydrogen-bond acceptors (Lipinski definition) is 6. The first-order valence-electron chi connectivity index (χ1n) is 11.8. The minimum atomic E-state index is -0.605. The zero-order chi connectivity index (χ0) is 25.9. The average Bonchev–Trinajstić information content (AvgIpc) is 3.50. The molecule has 37 heavy (non-hydrogen) atoms. The first kappa shape index (κ1) is 25.0. The third-order valence-corrected chi connectivity index (χ3v) is 7.61. The van der Waals surface area contributed by atoms with E-state index in [4.69, 9.17) is 21.4 Å². The fourth-order valence-corrected chi connectivity index (χ4v) is 5.40. The molecular formula is C28H25ClN4O3S. The molecule has 5 rings (SSSR count).